The Labute approximate surface area is 131 Å². The third-order valence-corrected chi connectivity index (χ3v) is 3.31. The number of amides is 3. The van der Waals surface area contributed by atoms with Crippen LogP contribution in [0.1, 0.15) is 12.5 Å². The molecule has 1 N–H and O–H groups in total. The highest BCUT2D eigenvalue weighted by atomic mass is 16.6. The van der Waals surface area contributed by atoms with E-state index in [1.165, 1.54) is 32.4 Å². The molecule has 0 spiro atoms. The van der Waals surface area contributed by atoms with Crippen LogP contribution < -0.4 is 14.8 Å². The van der Waals surface area contributed by atoms with Crippen LogP contribution in [-0.4, -0.2) is 42.5 Å². The number of hydrogen-bond donors (Lipinski definition) is 1. The van der Waals surface area contributed by atoms with Crippen molar-refractivity contribution in [3.05, 3.63) is 33.5 Å². The summed E-state index contributed by atoms with van der Waals surface area (Å²) < 4.78 is 10.1. The van der Waals surface area contributed by atoms with Crippen LogP contribution in [0, 0.1) is 10.1 Å². The summed E-state index contributed by atoms with van der Waals surface area (Å²) in [5.74, 6) is -0.0750. The van der Waals surface area contributed by atoms with Crippen LogP contribution in [0.2, 0.25) is 0 Å². The number of nitro benzene ring substituents is 1. The fourth-order valence-corrected chi connectivity index (χ4v) is 2.17. The number of methoxy groups -OCH3 is 2. The first-order valence-corrected chi connectivity index (χ1v) is 6.67. The number of hydrogen-bond acceptors (Lipinski definition) is 6. The van der Waals surface area contributed by atoms with E-state index < -0.39 is 16.9 Å². The molecule has 0 radical (unpaired) electrons. The first kappa shape index (κ1) is 16.3. The molecule has 0 unspecified atom stereocenters. The Hall–Kier alpha value is -3.10. The molecule has 1 saturated heterocycles. The first-order valence-electron chi connectivity index (χ1n) is 6.67. The minimum absolute atomic E-state index is 0.0350. The lowest BCUT2D eigenvalue weighted by Gasteiger charge is -2.09. The van der Waals surface area contributed by atoms with E-state index in [2.05, 4.69) is 5.32 Å². The highest BCUT2D eigenvalue weighted by Crippen LogP contribution is 2.35. The molecular formula is C14H15N3O6. The van der Waals surface area contributed by atoms with Crippen LogP contribution in [0.25, 0.3) is 6.08 Å². The molecule has 1 aromatic carbocycles. The van der Waals surface area contributed by atoms with E-state index >= 15 is 0 Å². The molecule has 2 rings (SSSR count). The fraction of sp³-hybridized carbons (Fsp3) is 0.286. The highest BCUT2D eigenvalue weighted by molar-refractivity contribution is 6.14. The molecule has 9 heteroatoms. The molecule has 9 nitrogen and oxygen atoms in total. The molecule has 0 atom stereocenters. The van der Waals surface area contributed by atoms with Crippen molar-refractivity contribution in [2.75, 3.05) is 20.8 Å². The lowest BCUT2D eigenvalue weighted by molar-refractivity contribution is -0.385. The molecule has 0 aliphatic carbocycles. The summed E-state index contributed by atoms with van der Waals surface area (Å²) in [6.45, 7) is 1.86. The van der Waals surface area contributed by atoms with E-state index in [0.29, 0.717) is 0 Å². The Morgan fingerprint density at radius 2 is 1.87 bits per heavy atom. The van der Waals surface area contributed by atoms with Gasteiger partial charge in [-0.3, -0.25) is 19.8 Å². The Balaban J connectivity index is 2.55. The lowest BCUT2D eigenvalue weighted by atomic mass is 10.1. The summed E-state index contributed by atoms with van der Waals surface area (Å²) in [6.07, 6.45) is 1.25. The first-order chi connectivity index (χ1) is 10.9. The number of imide groups is 1. The minimum atomic E-state index is -0.604. The summed E-state index contributed by atoms with van der Waals surface area (Å²) in [7, 11) is 2.75. The van der Waals surface area contributed by atoms with E-state index in [9.17, 15) is 19.7 Å². The van der Waals surface area contributed by atoms with E-state index in [4.69, 9.17) is 9.47 Å². The number of rotatable bonds is 5. The summed E-state index contributed by atoms with van der Waals surface area (Å²) >= 11 is 0. The van der Waals surface area contributed by atoms with Crippen LogP contribution in [0.4, 0.5) is 10.5 Å². The zero-order valence-corrected chi connectivity index (χ0v) is 12.8. The third-order valence-electron chi connectivity index (χ3n) is 3.31. The summed E-state index contributed by atoms with van der Waals surface area (Å²) in [5.41, 5.74) is -0.187. The van der Waals surface area contributed by atoms with E-state index in [0.717, 1.165) is 4.90 Å². The molecule has 3 amide bonds. The molecule has 1 fully saturated rings. The van der Waals surface area contributed by atoms with E-state index in [1.807, 2.05) is 0 Å². The van der Waals surface area contributed by atoms with Crippen molar-refractivity contribution in [2.24, 2.45) is 0 Å². The average Bonchev–Trinajstić information content (AvgIpc) is 2.79. The van der Waals surface area contributed by atoms with Gasteiger partial charge in [-0.2, -0.15) is 0 Å². The maximum atomic E-state index is 12.1. The molecule has 1 aliphatic heterocycles. The second-order valence-electron chi connectivity index (χ2n) is 4.56. The Morgan fingerprint density at radius 1 is 1.26 bits per heavy atom. The average molecular weight is 321 g/mol. The zero-order valence-electron chi connectivity index (χ0n) is 12.8. The number of nitrogens with zero attached hydrogens (tertiary/aromatic N) is 2. The monoisotopic (exact) mass is 321 g/mol. The molecule has 1 aromatic rings. The molecule has 0 bridgehead atoms. The Morgan fingerprint density at radius 3 is 2.35 bits per heavy atom. The van der Waals surface area contributed by atoms with Crippen molar-refractivity contribution < 1.29 is 24.0 Å². The topological polar surface area (TPSA) is 111 Å². The maximum Gasteiger partial charge on any atom is 0.328 e. The lowest BCUT2D eigenvalue weighted by Crippen LogP contribution is -2.30. The predicted octanol–water partition coefficient (Wildman–Crippen LogP) is 1.52. The van der Waals surface area contributed by atoms with Crippen LogP contribution in [0.15, 0.2) is 17.8 Å². The highest BCUT2D eigenvalue weighted by Gasteiger charge is 2.33. The van der Waals surface area contributed by atoms with Crippen molar-refractivity contribution in [3.63, 3.8) is 0 Å². The van der Waals surface area contributed by atoms with Gasteiger partial charge in [-0.05, 0) is 19.1 Å². The number of nitro groups is 1. The van der Waals surface area contributed by atoms with Gasteiger partial charge in [0.1, 0.15) is 5.70 Å². The minimum Gasteiger partial charge on any atom is -0.493 e. The smallest absolute Gasteiger partial charge is 0.328 e. The number of carbonyl (C=O) groups is 2. The second-order valence-corrected chi connectivity index (χ2v) is 4.56. The SMILES string of the molecule is CCN1C(=O)N/C(=C/c2cc(OC)c(OC)cc2[N+](=O)[O-])C1=O. The van der Waals surface area contributed by atoms with Gasteiger partial charge in [0.05, 0.1) is 30.8 Å². The zero-order chi connectivity index (χ0) is 17.1. The van der Waals surface area contributed by atoms with E-state index in [-0.39, 0.29) is 35.0 Å². The summed E-state index contributed by atoms with van der Waals surface area (Å²) in [4.78, 5) is 35.3. The van der Waals surface area contributed by atoms with Crippen LogP contribution >= 0.6 is 0 Å². The van der Waals surface area contributed by atoms with Crippen LogP contribution in [0.3, 0.4) is 0 Å². The third kappa shape index (κ3) is 2.93. The quantitative estimate of drug-likeness (QED) is 0.381. The van der Waals surface area contributed by atoms with Crippen molar-refractivity contribution in [2.45, 2.75) is 6.92 Å². The van der Waals surface area contributed by atoms with Crippen molar-refractivity contribution >= 4 is 23.7 Å². The Kier molecular flexibility index (Phi) is 4.49. The second kappa shape index (κ2) is 6.34. The molecule has 1 aliphatic rings. The molecule has 122 valence electrons. The van der Waals surface area contributed by atoms with E-state index in [1.54, 1.807) is 6.92 Å². The van der Waals surface area contributed by atoms with Crippen LogP contribution in [-0.2, 0) is 4.79 Å². The van der Waals surface area contributed by atoms with Gasteiger partial charge in [-0.25, -0.2) is 4.79 Å². The van der Waals surface area contributed by atoms with Crippen molar-refractivity contribution in [1.29, 1.82) is 0 Å². The van der Waals surface area contributed by atoms with Gasteiger partial charge in [0, 0.05) is 6.54 Å². The number of nitrogens with one attached hydrogen (secondary N) is 1. The fourth-order valence-electron chi connectivity index (χ4n) is 2.17. The normalized spacial score (nSPS) is 15.8. The Bertz CT molecular complexity index is 713. The maximum absolute atomic E-state index is 12.1. The standard InChI is InChI=1S/C14H15N3O6/c1-4-16-13(18)9(15-14(16)19)5-8-6-11(22-2)12(23-3)7-10(8)17(20)21/h5-7H,4H2,1-3H3,(H,15,19)/b9-5+. The number of ether oxygens (including phenoxy) is 2. The largest absolute Gasteiger partial charge is 0.493 e. The summed E-state index contributed by atoms with van der Waals surface area (Å²) in [5, 5.41) is 13.6. The molecule has 23 heavy (non-hydrogen) atoms. The van der Waals surface area contributed by atoms with Gasteiger partial charge < -0.3 is 14.8 Å². The van der Waals surface area contributed by atoms with Gasteiger partial charge >= 0.3 is 6.03 Å². The summed E-state index contributed by atoms with van der Waals surface area (Å²) in [6, 6.07) is 2.01. The van der Waals surface area contributed by atoms with Crippen molar-refractivity contribution in [1.82, 2.24) is 10.2 Å². The number of urea groups is 1. The number of benzene rings is 1. The molecule has 1 heterocycles. The number of carbonyl (C=O) groups excluding carboxylic acids is 2. The molecule has 0 saturated carbocycles. The van der Waals surface area contributed by atoms with Gasteiger partial charge in [-0.15, -0.1) is 0 Å². The molecular weight excluding hydrogens is 306 g/mol. The molecule has 0 aromatic heterocycles. The van der Waals surface area contributed by atoms with Gasteiger partial charge in [0.25, 0.3) is 11.6 Å². The van der Waals surface area contributed by atoms with Gasteiger partial charge in [-0.1, -0.05) is 0 Å². The predicted molar refractivity (Wildman–Crippen MR) is 80.1 cm³/mol. The van der Waals surface area contributed by atoms with Crippen molar-refractivity contribution in [3.8, 4) is 11.5 Å². The van der Waals surface area contributed by atoms with Gasteiger partial charge in [0.2, 0.25) is 0 Å². The van der Waals surface area contributed by atoms with Crippen LogP contribution in [0.5, 0.6) is 11.5 Å². The number of likely N-dealkylation sites (N-methyl/N-ethyl adjacent to an activating group) is 1. The van der Waals surface area contributed by atoms with Gasteiger partial charge in [0.15, 0.2) is 11.5 Å².